The molecule has 5 aromatic rings. The molecule has 0 atom stereocenters. The molecule has 0 saturated heterocycles. The molecular formula is C24H17N. The second-order valence-corrected chi connectivity index (χ2v) is 6.32. The van der Waals surface area contributed by atoms with Gasteiger partial charge < -0.3 is 4.40 Å². The average Bonchev–Trinajstić information content (AvgIpc) is 3.18. The van der Waals surface area contributed by atoms with Crippen LogP contribution in [0.5, 0.6) is 0 Å². The van der Waals surface area contributed by atoms with E-state index in [0.29, 0.717) is 0 Å². The molecule has 0 amide bonds. The van der Waals surface area contributed by atoms with Crippen LogP contribution in [0.15, 0.2) is 103 Å². The van der Waals surface area contributed by atoms with E-state index in [4.69, 9.17) is 0 Å². The number of fused-ring (bicyclic) bond motifs is 3. The maximum absolute atomic E-state index is 2.28. The molecule has 0 radical (unpaired) electrons. The van der Waals surface area contributed by atoms with Gasteiger partial charge in [-0.25, -0.2) is 0 Å². The Balaban J connectivity index is 1.69. The maximum atomic E-state index is 2.28. The van der Waals surface area contributed by atoms with Crippen molar-refractivity contribution in [2.45, 2.75) is 0 Å². The molecule has 0 fully saturated rings. The zero-order valence-electron chi connectivity index (χ0n) is 13.8. The van der Waals surface area contributed by atoms with Gasteiger partial charge in [-0.2, -0.15) is 0 Å². The number of aromatic nitrogens is 1. The van der Waals surface area contributed by atoms with Gasteiger partial charge in [0.25, 0.3) is 0 Å². The van der Waals surface area contributed by atoms with Crippen LogP contribution in [0.3, 0.4) is 0 Å². The highest BCUT2D eigenvalue weighted by molar-refractivity contribution is 5.98. The Kier molecular flexibility index (Phi) is 3.17. The van der Waals surface area contributed by atoms with Crippen LogP contribution in [0.2, 0.25) is 0 Å². The SMILES string of the molecule is c1ccc(-c2ccc(-c3cc4ccccc4c4cccn34)cc2)cc1. The van der Waals surface area contributed by atoms with Crippen molar-refractivity contribution in [3.63, 3.8) is 0 Å². The van der Waals surface area contributed by atoms with Crippen molar-refractivity contribution in [3.05, 3.63) is 103 Å². The average molecular weight is 319 g/mol. The van der Waals surface area contributed by atoms with E-state index in [9.17, 15) is 0 Å². The molecule has 0 aliphatic heterocycles. The minimum atomic E-state index is 1.22. The summed E-state index contributed by atoms with van der Waals surface area (Å²) in [5.41, 5.74) is 6.19. The van der Waals surface area contributed by atoms with Crippen molar-refractivity contribution in [1.82, 2.24) is 4.40 Å². The molecule has 1 nitrogen and oxygen atoms in total. The molecule has 0 aliphatic carbocycles. The summed E-state index contributed by atoms with van der Waals surface area (Å²) in [5.74, 6) is 0. The zero-order chi connectivity index (χ0) is 16.6. The Morgan fingerprint density at radius 2 is 1.20 bits per heavy atom. The Morgan fingerprint density at radius 1 is 0.520 bits per heavy atom. The summed E-state index contributed by atoms with van der Waals surface area (Å²) in [5, 5.41) is 2.56. The van der Waals surface area contributed by atoms with Crippen molar-refractivity contribution in [2.24, 2.45) is 0 Å². The van der Waals surface area contributed by atoms with Gasteiger partial charge in [-0.05, 0) is 40.3 Å². The van der Waals surface area contributed by atoms with Crippen molar-refractivity contribution in [3.8, 4) is 22.4 Å². The summed E-state index contributed by atoms with van der Waals surface area (Å²) in [4.78, 5) is 0. The van der Waals surface area contributed by atoms with Gasteiger partial charge >= 0.3 is 0 Å². The first-order valence-electron chi connectivity index (χ1n) is 8.55. The Hall–Kier alpha value is -3.32. The van der Waals surface area contributed by atoms with Gasteiger partial charge in [0.15, 0.2) is 0 Å². The molecule has 2 aromatic heterocycles. The quantitative estimate of drug-likeness (QED) is 0.353. The van der Waals surface area contributed by atoms with E-state index in [0.717, 1.165) is 0 Å². The van der Waals surface area contributed by atoms with Gasteiger partial charge in [0.2, 0.25) is 0 Å². The monoisotopic (exact) mass is 319 g/mol. The fourth-order valence-electron chi connectivity index (χ4n) is 3.57. The standard InChI is InChI=1S/C24H17N/c1-2-7-18(8-3-1)19-12-14-20(15-13-19)24-17-21-9-4-5-10-22(21)23-11-6-16-25(23)24/h1-17H. The summed E-state index contributed by atoms with van der Waals surface area (Å²) in [6, 6.07) is 34.5. The lowest BCUT2D eigenvalue weighted by molar-refractivity contribution is 1.22. The van der Waals surface area contributed by atoms with Crippen molar-refractivity contribution >= 4 is 16.3 Å². The number of hydrogen-bond acceptors (Lipinski definition) is 0. The van der Waals surface area contributed by atoms with Crippen LogP contribution in [-0.2, 0) is 0 Å². The summed E-state index contributed by atoms with van der Waals surface area (Å²) in [6.07, 6.45) is 2.14. The van der Waals surface area contributed by atoms with Crippen molar-refractivity contribution < 1.29 is 0 Å². The van der Waals surface area contributed by atoms with Gasteiger partial charge in [0, 0.05) is 11.6 Å². The van der Waals surface area contributed by atoms with Crippen LogP contribution < -0.4 is 0 Å². The lowest BCUT2D eigenvalue weighted by Gasteiger charge is -2.11. The first-order chi connectivity index (χ1) is 12.4. The third-order valence-corrected chi connectivity index (χ3v) is 4.83. The molecule has 25 heavy (non-hydrogen) atoms. The first-order valence-corrected chi connectivity index (χ1v) is 8.55. The molecule has 118 valence electrons. The Labute approximate surface area is 146 Å². The Bertz CT molecular complexity index is 1170. The van der Waals surface area contributed by atoms with Crippen LogP contribution >= 0.6 is 0 Å². The van der Waals surface area contributed by atoms with Crippen LogP contribution in [0.4, 0.5) is 0 Å². The van der Waals surface area contributed by atoms with Gasteiger partial charge in [0.05, 0.1) is 11.2 Å². The predicted octanol–water partition coefficient (Wildman–Crippen LogP) is 6.43. The van der Waals surface area contributed by atoms with E-state index in [1.54, 1.807) is 0 Å². The summed E-state index contributed by atoms with van der Waals surface area (Å²) >= 11 is 0. The molecule has 5 rings (SSSR count). The van der Waals surface area contributed by atoms with Gasteiger partial charge in [-0.1, -0.05) is 78.9 Å². The number of nitrogens with zero attached hydrogens (tertiary/aromatic N) is 1. The highest BCUT2D eigenvalue weighted by atomic mass is 14.9. The van der Waals surface area contributed by atoms with Crippen LogP contribution in [-0.4, -0.2) is 4.40 Å². The smallest absolute Gasteiger partial charge is 0.0534 e. The molecule has 0 bridgehead atoms. The van der Waals surface area contributed by atoms with Gasteiger partial charge in [0.1, 0.15) is 0 Å². The molecule has 1 heteroatoms. The molecular weight excluding hydrogens is 302 g/mol. The molecule has 2 heterocycles. The molecule has 3 aromatic carbocycles. The summed E-state index contributed by atoms with van der Waals surface area (Å²) in [6.45, 7) is 0. The van der Waals surface area contributed by atoms with Gasteiger partial charge in [-0.3, -0.25) is 0 Å². The second kappa shape index (κ2) is 5.64. The molecule has 0 spiro atoms. The van der Waals surface area contributed by atoms with E-state index >= 15 is 0 Å². The minimum absolute atomic E-state index is 1.22. The fourth-order valence-corrected chi connectivity index (χ4v) is 3.57. The van der Waals surface area contributed by atoms with E-state index in [-0.39, 0.29) is 0 Å². The zero-order valence-corrected chi connectivity index (χ0v) is 13.8. The number of hydrogen-bond donors (Lipinski definition) is 0. The molecule has 0 N–H and O–H groups in total. The lowest BCUT2D eigenvalue weighted by atomic mass is 10.0. The van der Waals surface area contributed by atoms with E-state index in [2.05, 4.69) is 108 Å². The van der Waals surface area contributed by atoms with Crippen LogP contribution in [0.1, 0.15) is 0 Å². The normalized spacial score (nSPS) is 11.2. The van der Waals surface area contributed by atoms with Gasteiger partial charge in [-0.15, -0.1) is 0 Å². The van der Waals surface area contributed by atoms with E-state index in [1.807, 2.05) is 0 Å². The molecule has 0 unspecified atom stereocenters. The summed E-state index contributed by atoms with van der Waals surface area (Å²) < 4.78 is 2.28. The topological polar surface area (TPSA) is 4.41 Å². The highest BCUT2D eigenvalue weighted by Crippen LogP contribution is 2.30. The van der Waals surface area contributed by atoms with Crippen LogP contribution in [0.25, 0.3) is 38.7 Å². The third-order valence-electron chi connectivity index (χ3n) is 4.83. The third kappa shape index (κ3) is 2.33. The van der Waals surface area contributed by atoms with Crippen molar-refractivity contribution in [2.75, 3.05) is 0 Å². The second-order valence-electron chi connectivity index (χ2n) is 6.32. The summed E-state index contributed by atoms with van der Waals surface area (Å²) in [7, 11) is 0. The number of benzene rings is 3. The number of rotatable bonds is 2. The number of pyridine rings is 1. The largest absolute Gasteiger partial charge is 0.316 e. The Morgan fingerprint density at radius 3 is 2.04 bits per heavy atom. The lowest BCUT2D eigenvalue weighted by Crippen LogP contribution is -1.92. The van der Waals surface area contributed by atoms with E-state index < -0.39 is 0 Å². The maximum Gasteiger partial charge on any atom is 0.0534 e. The molecule has 0 saturated carbocycles. The fraction of sp³-hybridized carbons (Fsp3) is 0. The van der Waals surface area contributed by atoms with E-state index in [1.165, 1.54) is 38.7 Å². The predicted molar refractivity (Wildman–Crippen MR) is 106 cm³/mol. The molecule has 0 aliphatic rings. The highest BCUT2D eigenvalue weighted by Gasteiger charge is 2.08. The minimum Gasteiger partial charge on any atom is -0.316 e. The van der Waals surface area contributed by atoms with Crippen molar-refractivity contribution in [1.29, 1.82) is 0 Å². The first kappa shape index (κ1) is 14.1. The van der Waals surface area contributed by atoms with Crippen LogP contribution in [0, 0.1) is 0 Å².